The predicted octanol–water partition coefficient (Wildman–Crippen LogP) is 8.23. The van der Waals surface area contributed by atoms with Gasteiger partial charge in [0.2, 0.25) is 0 Å². The summed E-state index contributed by atoms with van der Waals surface area (Å²) in [5.41, 5.74) is 0. The Labute approximate surface area is 215 Å². The second kappa shape index (κ2) is 7.13. The molecule has 0 saturated heterocycles. The molecule has 0 aliphatic carbocycles. The molecule has 4 aromatic rings. The van der Waals surface area contributed by atoms with Gasteiger partial charge in [-0.1, -0.05) is 0 Å². The van der Waals surface area contributed by atoms with E-state index < -0.39 is 41.4 Å². The summed E-state index contributed by atoms with van der Waals surface area (Å²) >= 11 is 27.4. The fourth-order valence-corrected chi connectivity index (χ4v) is 13.7. The van der Waals surface area contributed by atoms with Crippen molar-refractivity contribution in [3.63, 3.8) is 0 Å². The van der Waals surface area contributed by atoms with Crippen LogP contribution >= 0.6 is 76.1 Å². The average molecular weight is 608 g/mol. The van der Waals surface area contributed by atoms with E-state index in [9.17, 15) is 13.2 Å². The van der Waals surface area contributed by atoms with Crippen molar-refractivity contribution < 1.29 is 31.0 Å². The molecule has 14 heteroatoms. The maximum absolute atomic E-state index is 15.6. The Morgan fingerprint density at radius 3 is 1.38 bits per heavy atom. The Bertz CT molecular complexity index is 1490. The second-order valence-corrected chi connectivity index (χ2v) is 14.3. The first-order valence-electron chi connectivity index (χ1n) is 9.02. The van der Waals surface area contributed by atoms with Crippen LogP contribution < -0.4 is 25.0 Å². The normalized spacial score (nSPS) is 17.5. The van der Waals surface area contributed by atoms with Crippen LogP contribution in [0.5, 0.6) is 11.5 Å². The van der Waals surface area contributed by atoms with Gasteiger partial charge in [0.05, 0.1) is 0 Å². The average Bonchev–Trinajstić information content (AvgIpc) is 3.58. The van der Waals surface area contributed by atoms with Crippen molar-refractivity contribution >= 4 is 92.0 Å². The zero-order valence-corrected chi connectivity index (χ0v) is 21.3. The van der Waals surface area contributed by atoms with Gasteiger partial charge in [-0.3, -0.25) is 0 Å². The molecule has 0 radical (unpaired) electrons. The molecule has 34 heavy (non-hydrogen) atoms. The molecule has 0 atom stereocenters. The van der Waals surface area contributed by atoms with Crippen LogP contribution in [0.3, 0.4) is 0 Å². The van der Waals surface area contributed by atoms with Crippen molar-refractivity contribution in [3.8, 4) is 21.3 Å². The van der Waals surface area contributed by atoms with E-state index in [2.05, 4.69) is 0 Å². The van der Waals surface area contributed by atoms with Crippen molar-refractivity contribution in [1.82, 2.24) is 0 Å². The predicted molar refractivity (Wildman–Crippen MR) is 127 cm³/mol. The number of hydrogen-bond acceptors (Lipinski definition) is 4. The third-order valence-electron chi connectivity index (χ3n) is 5.68. The van der Waals surface area contributed by atoms with E-state index in [-0.39, 0.29) is 42.2 Å². The Morgan fingerprint density at radius 2 is 0.971 bits per heavy atom. The number of fused-ring (bicyclic) bond motifs is 6. The topological polar surface area (TPSA) is 18.5 Å². The molecule has 2 aromatic carbocycles. The number of hydrogen-bond donors (Lipinski definition) is 0. The minimum absolute atomic E-state index is 0.108. The molecular formula is C20H4Cl4F5O2PS2. The molecule has 0 N–H and O–H groups in total. The Morgan fingerprint density at radius 1 is 0.588 bits per heavy atom. The van der Waals surface area contributed by atoms with E-state index in [0.29, 0.717) is 9.75 Å². The van der Waals surface area contributed by atoms with Crippen LogP contribution in [-0.4, -0.2) is 0 Å². The van der Waals surface area contributed by atoms with Crippen LogP contribution in [-0.2, 0) is 0 Å². The van der Waals surface area contributed by atoms with Crippen molar-refractivity contribution in [2.45, 2.75) is 0 Å². The monoisotopic (exact) mass is 606 g/mol. The van der Waals surface area contributed by atoms with Gasteiger partial charge in [-0.05, 0) is 0 Å². The molecule has 0 unspecified atom stereocenters. The SMILES string of the molecule is Fc1c(F)c(F)c(P23(Oc4c(Cl)c(Cl)c(Cl)c(Cl)c4O2)c2ccsc2-c2sccc23)c(F)c1F. The van der Waals surface area contributed by atoms with Crippen molar-refractivity contribution in [1.29, 1.82) is 0 Å². The molecule has 2 aliphatic rings. The molecule has 0 fully saturated rings. The first kappa shape index (κ1) is 23.1. The van der Waals surface area contributed by atoms with Gasteiger partial charge in [0.15, 0.2) is 0 Å². The molecule has 2 nitrogen and oxygen atoms in total. The number of rotatable bonds is 1. The Hall–Kier alpha value is -1.32. The van der Waals surface area contributed by atoms with Crippen molar-refractivity contribution in [3.05, 3.63) is 72.1 Å². The summed E-state index contributed by atoms with van der Waals surface area (Å²) in [5.74, 6) is -11.4. The third kappa shape index (κ3) is 2.37. The van der Waals surface area contributed by atoms with Gasteiger partial charge in [-0.2, -0.15) is 0 Å². The summed E-state index contributed by atoms with van der Waals surface area (Å²) in [6.07, 6.45) is 0. The van der Waals surface area contributed by atoms with E-state index in [1.807, 2.05) is 0 Å². The molecule has 0 saturated carbocycles. The van der Waals surface area contributed by atoms with Crippen LogP contribution in [0.2, 0.25) is 20.1 Å². The molecular weight excluding hydrogens is 604 g/mol. The van der Waals surface area contributed by atoms with Crippen molar-refractivity contribution in [2.75, 3.05) is 0 Å². The van der Waals surface area contributed by atoms with Crippen LogP contribution in [0.4, 0.5) is 22.0 Å². The summed E-state index contributed by atoms with van der Waals surface area (Å²) < 4.78 is 86.9. The maximum atomic E-state index is 15.6. The van der Waals surface area contributed by atoms with Crippen LogP contribution in [0.15, 0.2) is 22.9 Å². The van der Waals surface area contributed by atoms with Gasteiger partial charge < -0.3 is 0 Å². The number of benzene rings is 2. The zero-order chi connectivity index (χ0) is 24.3. The molecule has 0 bridgehead atoms. The van der Waals surface area contributed by atoms with Crippen molar-refractivity contribution in [2.24, 2.45) is 0 Å². The summed E-state index contributed by atoms with van der Waals surface area (Å²) in [6, 6.07) is 2.92. The van der Waals surface area contributed by atoms with Gasteiger partial charge in [-0.15, -0.1) is 0 Å². The second-order valence-electron chi connectivity index (χ2n) is 7.24. The van der Waals surface area contributed by atoms with E-state index in [4.69, 9.17) is 55.5 Å². The summed E-state index contributed by atoms with van der Waals surface area (Å²) in [7, 11) is -5.41. The van der Waals surface area contributed by atoms with Gasteiger partial charge in [-0.25, -0.2) is 0 Å². The Balaban J connectivity index is 1.87. The molecule has 6 rings (SSSR count). The first-order chi connectivity index (χ1) is 16.1. The molecule has 4 heterocycles. The fraction of sp³-hybridized carbons (Fsp3) is 0. The standard InChI is InChI=1S/C20H4Cl4F5O2PS2/c21-7-8(22)10(24)17-16(9(7)23)30-32(31-17,18-14(28)12(26)11(25)13(27)15(18)29)5-1-3-33-19(5)20-6(32)2-4-34-20/h1-4H. The zero-order valence-electron chi connectivity index (χ0n) is 15.8. The summed E-state index contributed by atoms with van der Waals surface area (Å²) in [6.45, 7) is 0. The third-order valence-corrected chi connectivity index (χ3v) is 14.5. The Kier molecular flexibility index (Phi) is 4.84. The molecule has 2 aromatic heterocycles. The first-order valence-corrected chi connectivity index (χ1v) is 14.4. The molecule has 1 spiro atoms. The van der Waals surface area contributed by atoms with Crippen LogP contribution in [0.25, 0.3) is 9.75 Å². The van der Waals surface area contributed by atoms with Gasteiger partial charge in [0, 0.05) is 0 Å². The van der Waals surface area contributed by atoms with E-state index in [1.165, 1.54) is 34.8 Å². The molecule has 176 valence electrons. The summed E-state index contributed by atoms with van der Waals surface area (Å²) in [5, 5.41) is 1.08. The van der Waals surface area contributed by atoms with E-state index in [0.717, 1.165) is 0 Å². The molecule has 2 aliphatic heterocycles. The van der Waals surface area contributed by atoms with Crippen LogP contribution in [0.1, 0.15) is 0 Å². The summed E-state index contributed by atoms with van der Waals surface area (Å²) in [4.78, 5) is 0.979. The van der Waals surface area contributed by atoms with E-state index in [1.54, 1.807) is 10.8 Å². The minimum atomic E-state index is -5.41. The fourth-order valence-electron chi connectivity index (χ4n) is 4.31. The number of thiophene rings is 2. The van der Waals surface area contributed by atoms with Gasteiger partial charge in [0.25, 0.3) is 0 Å². The van der Waals surface area contributed by atoms with Crippen LogP contribution in [0, 0.1) is 29.1 Å². The van der Waals surface area contributed by atoms with Gasteiger partial charge in [0.1, 0.15) is 0 Å². The van der Waals surface area contributed by atoms with Gasteiger partial charge >= 0.3 is 216 Å². The van der Waals surface area contributed by atoms with E-state index >= 15 is 8.78 Å². The quantitative estimate of drug-likeness (QED) is 0.0939. The number of halogens is 9. The molecule has 0 amide bonds.